The quantitative estimate of drug-likeness (QED) is 0.191. The van der Waals surface area contributed by atoms with Crippen LogP contribution < -0.4 is 14.1 Å². The molecule has 0 aliphatic rings. The third-order valence-corrected chi connectivity index (χ3v) is 21.8. The Morgan fingerprint density at radius 2 is 0.837 bits per heavy atom. The molecule has 0 nitrogen and oxygen atoms in total. The predicted octanol–water partition coefficient (Wildman–Crippen LogP) is 9.47. The summed E-state index contributed by atoms with van der Waals surface area (Å²) in [6.07, 6.45) is 0. The standard InChI is InChI=1S/C22H32GeP.C18H31P/c1-15-10-17(3)21(18(4)11-15)23(14-24(7,8)9)22-19(5)12-16(2)13-20(22)6;1-16(2,3)12-10-13(17(4,5)6)15(19)14(11-12)18(7,8)9/h10-14H,1-9H3;10-11H,19H2,1-9H3. The Balaban J connectivity index is 0.000000309. The first kappa shape index (κ1) is 38.1. The molecule has 3 rings (SSSR count). The Hall–Kier alpha value is -1.07. The van der Waals surface area contributed by atoms with Crippen molar-refractivity contribution in [3.63, 3.8) is 0 Å². The first-order valence-corrected chi connectivity index (χ1v) is 23.0. The molecule has 43 heavy (non-hydrogen) atoms. The zero-order valence-corrected chi connectivity index (χ0v) is 35.2. The molecule has 3 aromatic rings. The molecular formula is C40H63GeP2. The molecule has 237 valence electrons. The van der Waals surface area contributed by atoms with Crippen LogP contribution in [-0.4, -0.2) is 39.0 Å². The molecule has 0 amide bonds. The van der Waals surface area contributed by atoms with Gasteiger partial charge in [0.1, 0.15) is 0 Å². The van der Waals surface area contributed by atoms with E-state index in [9.17, 15) is 0 Å². The van der Waals surface area contributed by atoms with Crippen LogP contribution in [0.2, 0.25) is 0 Å². The van der Waals surface area contributed by atoms with E-state index in [1.165, 1.54) is 55.4 Å². The summed E-state index contributed by atoms with van der Waals surface area (Å²) >= 11 is -1.70. The van der Waals surface area contributed by atoms with E-state index < -0.39 is 21.2 Å². The van der Waals surface area contributed by atoms with Crippen LogP contribution >= 0.6 is 16.1 Å². The molecule has 1 atom stereocenters. The average Bonchev–Trinajstić information content (AvgIpc) is 2.74. The SMILES string of the molecule is CC(C)(C)c1cc(C(C)(C)C)c(P)c(C(C)(C)C)c1.Cc1cc(C)[c]([Ge]([CH]=P(C)(C)C)[c]2c(C)cc(C)cc2C)c(C)c1. The van der Waals surface area contributed by atoms with Crippen LogP contribution in [0, 0.1) is 41.5 Å². The summed E-state index contributed by atoms with van der Waals surface area (Å²) in [6.45, 7) is 40.8. The van der Waals surface area contributed by atoms with Crippen molar-refractivity contribution in [3.8, 4) is 0 Å². The molecule has 0 aliphatic carbocycles. The van der Waals surface area contributed by atoms with Crippen LogP contribution in [0.25, 0.3) is 0 Å². The summed E-state index contributed by atoms with van der Waals surface area (Å²) in [5.74, 6) is 0. The van der Waals surface area contributed by atoms with E-state index in [1.807, 2.05) is 0 Å². The van der Waals surface area contributed by atoms with Gasteiger partial charge in [0.25, 0.3) is 0 Å². The van der Waals surface area contributed by atoms with Crippen LogP contribution in [0.4, 0.5) is 0 Å². The van der Waals surface area contributed by atoms with Crippen molar-refractivity contribution in [1.29, 1.82) is 0 Å². The Labute approximate surface area is 274 Å². The van der Waals surface area contributed by atoms with Crippen molar-refractivity contribution in [1.82, 2.24) is 0 Å². The second kappa shape index (κ2) is 13.7. The maximum atomic E-state index is 2.98. The van der Waals surface area contributed by atoms with Gasteiger partial charge in [-0.3, -0.25) is 0 Å². The van der Waals surface area contributed by atoms with Crippen LogP contribution in [0.1, 0.15) is 112 Å². The van der Waals surface area contributed by atoms with Gasteiger partial charge in [-0.25, -0.2) is 0 Å². The van der Waals surface area contributed by atoms with Gasteiger partial charge in [0.2, 0.25) is 0 Å². The van der Waals surface area contributed by atoms with Gasteiger partial charge >= 0.3 is 154 Å². The Bertz CT molecular complexity index is 1360. The van der Waals surface area contributed by atoms with Gasteiger partial charge in [-0.2, -0.15) is 0 Å². The van der Waals surface area contributed by atoms with E-state index in [4.69, 9.17) is 0 Å². The van der Waals surface area contributed by atoms with Crippen molar-refractivity contribution >= 4 is 49.2 Å². The molecule has 1 unspecified atom stereocenters. The summed E-state index contributed by atoms with van der Waals surface area (Å²) in [7, 11) is 2.98. The fraction of sp³-hybridized carbons (Fsp3) is 0.525. The van der Waals surface area contributed by atoms with Crippen LogP contribution in [0.15, 0.2) is 36.4 Å². The second-order valence-electron chi connectivity index (χ2n) is 16.9. The van der Waals surface area contributed by atoms with Gasteiger partial charge in [0.05, 0.1) is 0 Å². The van der Waals surface area contributed by atoms with E-state index >= 15 is 0 Å². The normalized spacial score (nSPS) is 12.7. The first-order chi connectivity index (χ1) is 19.2. The van der Waals surface area contributed by atoms with Crippen molar-refractivity contribution < 1.29 is 0 Å². The van der Waals surface area contributed by atoms with Crippen LogP contribution in [0.5, 0.6) is 0 Å². The molecule has 0 aliphatic heterocycles. The Morgan fingerprint density at radius 1 is 0.535 bits per heavy atom. The van der Waals surface area contributed by atoms with E-state index in [2.05, 4.69) is 174 Å². The average molecular weight is 679 g/mol. The van der Waals surface area contributed by atoms with Gasteiger partial charge in [-0.1, -0.05) is 74.4 Å². The topological polar surface area (TPSA) is 0 Å². The number of hydrogen-bond acceptors (Lipinski definition) is 0. The summed E-state index contributed by atoms with van der Waals surface area (Å²) in [6, 6.07) is 14.3. The first-order valence-electron chi connectivity index (χ1n) is 15.9. The Kier molecular flexibility index (Phi) is 12.2. The molecular weight excluding hydrogens is 615 g/mol. The van der Waals surface area contributed by atoms with Crippen molar-refractivity contribution in [2.45, 2.75) is 120 Å². The zero-order chi connectivity index (χ0) is 33.5. The number of hydrogen-bond donors (Lipinski definition) is 0. The molecule has 0 heterocycles. The third kappa shape index (κ3) is 10.2. The van der Waals surface area contributed by atoms with Gasteiger partial charge in [-0.05, 0) is 38.2 Å². The minimum atomic E-state index is -1.70. The monoisotopic (exact) mass is 679 g/mol. The minimum absolute atomic E-state index is 0.179. The zero-order valence-electron chi connectivity index (χ0n) is 31.1. The molecule has 0 fully saturated rings. The van der Waals surface area contributed by atoms with Crippen molar-refractivity contribution in [3.05, 3.63) is 86.5 Å². The molecule has 0 aromatic heterocycles. The second-order valence-corrected chi connectivity index (χ2v) is 27.5. The van der Waals surface area contributed by atoms with E-state index in [0.717, 1.165) is 0 Å². The molecule has 0 N–H and O–H groups in total. The number of rotatable bonds is 3. The third-order valence-electron chi connectivity index (χ3n) is 8.07. The van der Waals surface area contributed by atoms with E-state index in [-0.39, 0.29) is 16.2 Å². The summed E-state index contributed by atoms with van der Waals surface area (Å²) < 4.78 is 6.15. The van der Waals surface area contributed by atoms with Gasteiger partial charge in [-0.15, -0.1) is 9.24 Å². The fourth-order valence-corrected chi connectivity index (χ4v) is 19.4. The molecule has 3 heteroatoms. The van der Waals surface area contributed by atoms with Crippen LogP contribution in [-0.2, 0) is 16.2 Å². The van der Waals surface area contributed by atoms with Crippen molar-refractivity contribution in [2.24, 2.45) is 0 Å². The molecule has 0 saturated heterocycles. The molecule has 3 aromatic carbocycles. The van der Waals surface area contributed by atoms with E-state index in [1.54, 1.807) is 8.79 Å². The van der Waals surface area contributed by atoms with Gasteiger partial charge < -0.3 is 0 Å². The number of aryl methyl sites for hydroxylation is 6. The number of benzene rings is 3. The molecule has 1 radical (unpaired) electrons. The summed E-state index contributed by atoms with van der Waals surface area (Å²) in [4.78, 5) is 0. The van der Waals surface area contributed by atoms with E-state index in [0.29, 0.717) is 0 Å². The summed E-state index contributed by atoms with van der Waals surface area (Å²) in [5.41, 5.74) is 13.6. The summed E-state index contributed by atoms with van der Waals surface area (Å²) in [5, 5.41) is 1.38. The Morgan fingerprint density at radius 3 is 1.07 bits per heavy atom. The van der Waals surface area contributed by atoms with Gasteiger partial charge in [0, 0.05) is 0 Å². The molecule has 0 bridgehead atoms. The predicted molar refractivity (Wildman–Crippen MR) is 209 cm³/mol. The van der Waals surface area contributed by atoms with Crippen molar-refractivity contribution in [2.75, 3.05) is 20.0 Å². The molecule has 0 spiro atoms. The molecule has 0 saturated carbocycles. The maximum absolute atomic E-state index is 2.98. The fourth-order valence-electron chi connectivity index (χ4n) is 6.18. The van der Waals surface area contributed by atoms with Gasteiger partial charge in [0.15, 0.2) is 0 Å². The van der Waals surface area contributed by atoms with Crippen LogP contribution in [0.3, 0.4) is 0 Å².